The minimum atomic E-state index is -0.103. The average molecular weight is 305 g/mol. The summed E-state index contributed by atoms with van der Waals surface area (Å²) < 4.78 is 5.33. The summed E-state index contributed by atoms with van der Waals surface area (Å²) in [5, 5.41) is 8.34. The van der Waals surface area contributed by atoms with Crippen LogP contribution in [-0.2, 0) is 4.79 Å². The van der Waals surface area contributed by atoms with Gasteiger partial charge in [0.05, 0.1) is 12.8 Å². The van der Waals surface area contributed by atoms with Gasteiger partial charge in [0.25, 0.3) is 0 Å². The number of anilines is 1. The molecule has 0 aliphatic carbocycles. The molecule has 1 aromatic heterocycles. The highest BCUT2D eigenvalue weighted by Gasteiger charge is 2.15. The lowest BCUT2D eigenvalue weighted by molar-refractivity contribution is -0.119. The molecule has 0 radical (unpaired) electrons. The number of amides is 1. The van der Waals surface area contributed by atoms with Crippen LogP contribution in [0.3, 0.4) is 0 Å². The Labute approximate surface area is 128 Å². The lowest BCUT2D eigenvalue weighted by atomic mass is 10.1. The molecule has 0 saturated carbocycles. The van der Waals surface area contributed by atoms with Crippen LogP contribution in [0.25, 0.3) is 11.3 Å². The smallest absolute Gasteiger partial charge is 0.230 e. The zero-order valence-electron chi connectivity index (χ0n) is 12.3. The van der Waals surface area contributed by atoms with Crippen molar-refractivity contribution in [3.8, 4) is 17.0 Å². The number of hydrogen-bond donors (Lipinski definition) is 2. The molecule has 0 spiro atoms. The number of benzene rings is 1. The minimum Gasteiger partial charge on any atom is -0.496 e. The van der Waals surface area contributed by atoms with E-state index in [-0.39, 0.29) is 11.8 Å². The van der Waals surface area contributed by atoms with Gasteiger partial charge in [0.2, 0.25) is 5.91 Å². The minimum absolute atomic E-state index is 0.0368. The van der Waals surface area contributed by atoms with E-state index in [2.05, 4.69) is 15.6 Å². The predicted molar refractivity (Wildman–Crippen MR) is 85.8 cm³/mol. The standard InChI is InChI=1S/C15H19N3O2S/c1-10(8-16-2)14(19)18-15-17-12(9-21-15)11-6-4-5-7-13(11)20-3/h4-7,9-10,16H,8H2,1-3H3,(H,17,18,19). The van der Waals surface area contributed by atoms with Crippen molar-refractivity contribution in [1.82, 2.24) is 10.3 Å². The van der Waals surface area contributed by atoms with Crippen LogP contribution in [0.4, 0.5) is 5.13 Å². The van der Waals surface area contributed by atoms with E-state index in [1.165, 1.54) is 11.3 Å². The van der Waals surface area contributed by atoms with Gasteiger partial charge in [0.15, 0.2) is 5.13 Å². The van der Waals surface area contributed by atoms with Crippen LogP contribution < -0.4 is 15.4 Å². The molecule has 2 aromatic rings. The number of nitrogens with one attached hydrogen (secondary N) is 2. The lowest BCUT2D eigenvalue weighted by Crippen LogP contribution is -2.28. The molecule has 112 valence electrons. The fraction of sp³-hybridized carbons (Fsp3) is 0.333. The Bertz CT molecular complexity index is 612. The van der Waals surface area contributed by atoms with Crippen molar-refractivity contribution in [3.63, 3.8) is 0 Å². The number of thiazole rings is 1. The number of para-hydroxylation sites is 1. The Morgan fingerprint density at radius 3 is 2.90 bits per heavy atom. The molecule has 2 N–H and O–H groups in total. The maximum absolute atomic E-state index is 12.0. The number of carbonyl (C=O) groups excluding carboxylic acids is 1. The molecule has 1 heterocycles. The SMILES string of the molecule is CNCC(C)C(=O)Nc1nc(-c2ccccc2OC)cs1. The van der Waals surface area contributed by atoms with E-state index < -0.39 is 0 Å². The maximum atomic E-state index is 12.0. The predicted octanol–water partition coefficient (Wildman–Crippen LogP) is 2.61. The number of carbonyl (C=O) groups is 1. The van der Waals surface area contributed by atoms with Gasteiger partial charge in [-0.3, -0.25) is 4.79 Å². The molecule has 1 aromatic carbocycles. The second kappa shape index (κ2) is 7.19. The Balaban J connectivity index is 2.13. The van der Waals surface area contributed by atoms with E-state index in [4.69, 9.17) is 4.74 Å². The Hall–Kier alpha value is -1.92. The molecule has 1 amide bonds. The van der Waals surface area contributed by atoms with Gasteiger partial charge < -0.3 is 15.4 Å². The van der Waals surface area contributed by atoms with Crippen molar-refractivity contribution in [2.45, 2.75) is 6.92 Å². The second-order valence-electron chi connectivity index (χ2n) is 4.69. The fourth-order valence-electron chi connectivity index (χ4n) is 1.94. The first-order valence-corrected chi connectivity index (χ1v) is 7.58. The molecule has 0 aliphatic heterocycles. The Kier molecular flexibility index (Phi) is 5.30. The van der Waals surface area contributed by atoms with E-state index in [1.54, 1.807) is 7.11 Å². The number of hydrogen-bond acceptors (Lipinski definition) is 5. The van der Waals surface area contributed by atoms with E-state index >= 15 is 0 Å². The first kappa shape index (κ1) is 15.5. The molecule has 0 bridgehead atoms. The highest BCUT2D eigenvalue weighted by molar-refractivity contribution is 7.14. The highest BCUT2D eigenvalue weighted by atomic mass is 32.1. The molecule has 1 unspecified atom stereocenters. The molecule has 0 saturated heterocycles. The monoisotopic (exact) mass is 305 g/mol. The normalized spacial score (nSPS) is 12.0. The molecular formula is C15H19N3O2S. The lowest BCUT2D eigenvalue weighted by Gasteiger charge is -2.09. The summed E-state index contributed by atoms with van der Waals surface area (Å²) in [7, 11) is 3.46. The van der Waals surface area contributed by atoms with Crippen LogP contribution in [0.2, 0.25) is 0 Å². The van der Waals surface area contributed by atoms with Crippen molar-refractivity contribution >= 4 is 22.4 Å². The van der Waals surface area contributed by atoms with E-state index in [9.17, 15) is 4.79 Å². The van der Waals surface area contributed by atoms with Crippen LogP contribution in [-0.4, -0.2) is 31.6 Å². The van der Waals surface area contributed by atoms with Crippen molar-refractivity contribution in [2.75, 3.05) is 26.0 Å². The summed E-state index contributed by atoms with van der Waals surface area (Å²) in [6.45, 7) is 2.51. The third kappa shape index (κ3) is 3.80. The molecule has 6 heteroatoms. The van der Waals surface area contributed by atoms with Gasteiger partial charge >= 0.3 is 0 Å². The van der Waals surface area contributed by atoms with E-state index in [0.717, 1.165) is 17.0 Å². The van der Waals surface area contributed by atoms with Gasteiger partial charge in [-0.05, 0) is 19.2 Å². The van der Waals surface area contributed by atoms with Crippen molar-refractivity contribution < 1.29 is 9.53 Å². The largest absolute Gasteiger partial charge is 0.496 e. The fourth-order valence-corrected chi connectivity index (χ4v) is 2.65. The van der Waals surface area contributed by atoms with Gasteiger partial charge in [0.1, 0.15) is 5.75 Å². The number of rotatable bonds is 6. The Morgan fingerprint density at radius 1 is 1.43 bits per heavy atom. The Morgan fingerprint density at radius 2 is 2.19 bits per heavy atom. The summed E-state index contributed by atoms with van der Waals surface area (Å²) in [6.07, 6.45) is 0. The van der Waals surface area contributed by atoms with Crippen LogP contribution >= 0.6 is 11.3 Å². The van der Waals surface area contributed by atoms with Crippen LogP contribution in [0.1, 0.15) is 6.92 Å². The summed E-state index contributed by atoms with van der Waals surface area (Å²) in [5.74, 6) is 0.628. The average Bonchev–Trinajstić information content (AvgIpc) is 2.95. The molecule has 0 aliphatic rings. The molecular weight excluding hydrogens is 286 g/mol. The van der Waals surface area contributed by atoms with E-state index in [0.29, 0.717) is 11.7 Å². The first-order chi connectivity index (χ1) is 10.2. The zero-order valence-corrected chi connectivity index (χ0v) is 13.2. The summed E-state index contributed by atoms with van der Waals surface area (Å²) in [4.78, 5) is 16.4. The van der Waals surface area contributed by atoms with Crippen LogP contribution in [0.15, 0.2) is 29.6 Å². The van der Waals surface area contributed by atoms with Crippen molar-refractivity contribution in [3.05, 3.63) is 29.6 Å². The number of nitrogens with zero attached hydrogens (tertiary/aromatic N) is 1. The molecule has 5 nitrogen and oxygen atoms in total. The van der Waals surface area contributed by atoms with E-state index in [1.807, 2.05) is 43.6 Å². The molecule has 2 rings (SSSR count). The van der Waals surface area contributed by atoms with Crippen LogP contribution in [0, 0.1) is 5.92 Å². The van der Waals surface area contributed by atoms with Gasteiger partial charge in [0, 0.05) is 23.4 Å². The highest BCUT2D eigenvalue weighted by Crippen LogP contribution is 2.31. The van der Waals surface area contributed by atoms with Gasteiger partial charge in [-0.15, -0.1) is 11.3 Å². The third-order valence-electron chi connectivity index (χ3n) is 3.08. The van der Waals surface area contributed by atoms with Gasteiger partial charge in [-0.2, -0.15) is 0 Å². The second-order valence-corrected chi connectivity index (χ2v) is 5.54. The molecule has 0 fully saturated rings. The van der Waals surface area contributed by atoms with Crippen molar-refractivity contribution in [2.24, 2.45) is 5.92 Å². The maximum Gasteiger partial charge on any atom is 0.230 e. The third-order valence-corrected chi connectivity index (χ3v) is 3.83. The topological polar surface area (TPSA) is 63.2 Å². The molecule has 21 heavy (non-hydrogen) atoms. The first-order valence-electron chi connectivity index (χ1n) is 6.70. The molecule has 1 atom stereocenters. The van der Waals surface area contributed by atoms with Gasteiger partial charge in [-0.1, -0.05) is 19.1 Å². The number of methoxy groups -OCH3 is 1. The van der Waals surface area contributed by atoms with Crippen molar-refractivity contribution in [1.29, 1.82) is 0 Å². The summed E-state index contributed by atoms with van der Waals surface area (Å²) in [5.41, 5.74) is 1.72. The zero-order chi connectivity index (χ0) is 15.2. The number of aromatic nitrogens is 1. The van der Waals surface area contributed by atoms with Gasteiger partial charge in [-0.25, -0.2) is 4.98 Å². The van der Waals surface area contributed by atoms with Crippen LogP contribution in [0.5, 0.6) is 5.75 Å². The summed E-state index contributed by atoms with van der Waals surface area (Å²) >= 11 is 1.41. The summed E-state index contributed by atoms with van der Waals surface area (Å²) in [6, 6.07) is 7.69. The quantitative estimate of drug-likeness (QED) is 0.861. The number of ether oxygens (including phenoxy) is 1.